The minimum Gasteiger partial charge on any atom is -0.481 e. The number of aliphatic hydroxyl groups is 1. The number of ether oxygens (including phenoxy) is 2. The molecule has 20 atom stereocenters. The van der Waals surface area contributed by atoms with Gasteiger partial charge in [-0.3, -0.25) is 14.4 Å². The fourth-order valence-corrected chi connectivity index (χ4v) is 18.8. The molecule has 0 heterocycles. The second-order valence-electron chi connectivity index (χ2n) is 26.3. The van der Waals surface area contributed by atoms with Gasteiger partial charge in [0.15, 0.2) is 0 Å². The van der Waals surface area contributed by atoms with Crippen LogP contribution in [-0.2, 0) is 23.9 Å². The number of carboxylic acids is 1. The van der Waals surface area contributed by atoms with E-state index < -0.39 is 30.3 Å². The van der Waals surface area contributed by atoms with Crippen LogP contribution in [0, 0.1) is 105 Å². The number of allylic oxidation sites excluding steroid dienone is 1. The Kier molecular flexibility index (Phi) is 17.8. The van der Waals surface area contributed by atoms with E-state index in [1.54, 1.807) is 13.8 Å². The number of esters is 2. The van der Waals surface area contributed by atoms with Gasteiger partial charge < -0.3 is 19.7 Å². The molecule has 13 heteroatoms. The molecule has 8 rings (SSSR count). The summed E-state index contributed by atoms with van der Waals surface area (Å²) in [6.07, 6.45) is 11.2. The molecular formula is C59H92F6O7. The number of halogens is 6. The maximum Gasteiger partial charge on any atom is 0.426 e. The fraction of sp³-hybridized carbons (Fsp3) is 0.881. The number of hydrogen-bond acceptors (Lipinski definition) is 6. The van der Waals surface area contributed by atoms with Crippen molar-refractivity contribution in [2.45, 2.75) is 221 Å². The SMILES string of the molecule is C=CCC(O)(C(F)(F)F)C(F)(F)F.C=C[C@@H](C)[C@H]1CCC2C3C[C@H](OC(C)=O)[C@@H]4C[C@H](C)CC[C@]4(C)C3CC[C@@]21C.CC(=O)O[C@H]1CC2C3CC[C@H]([C@H](C)CCC(=O)O)[C@@]3(C)CCC2[C@@]2(C)CC[C@@H](C)C[C@@H]12. The van der Waals surface area contributed by atoms with Gasteiger partial charge in [-0.05, 0) is 189 Å². The third-order valence-electron chi connectivity index (χ3n) is 22.5. The van der Waals surface area contributed by atoms with Gasteiger partial charge in [0.25, 0.3) is 5.60 Å². The molecule has 0 spiro atoms. The van der Waals surface area contributed by atoms with E-state index in [2.05, 4.69) is 74.6 Å². The Hall–Kier alpha value is -2.57. The van der Waals surface area contributed by atoms with Gasteiger partial charge in [-0.25, -0.2) is 0 Å². The van der Waals surface area contributed by atoms with E-state index in [4.69, 9.17) is 14.6 Å². The van der Waals surface area contributed by atoms with E-state index in [1.807, 2.05) is 0 Å². The van der Waals surface area contributed by atoms with Crippen molar-refractivity contribution in [1.29, 1.82) is 0 Å². The maximum absolute atomic E-state index is 12.0. The fourth-order valence-electron chi connectivity index (χ4n) is 18.8. The zero-order valence-electron chi connectivity index (χ0n) is 45.4. The zero-order chi connectivity index (χ0) is 53.7. The summed E-state index contributed by atoms with van der Waals surface area (Å²) in [6, 6.07) is 0. The van der Waals surface area contributed by atoms with Crippen LogP contribution in [0.3, 0.4) is 0 Å². The van der Waals surface area contributed by atoms with Crippen molar-refractivity contribution in [3.63, 3.8) is 0 Å². The Labute approximate surface area is 428 Å². The number of fused-ring (bicyclic) bond motifs is 10. The average molecular weight is 1030 g/mol. The number of hydrogen-bond donors (Lipinski definition) is 2. The smallest absolute Gasteiger partial charge is 0.426 e. The molecule has 0 aliphatic heterocycles. The lowest BCUT2D eigenvalue weighted by atomic mass is 9.43. The van der Waals surface area contributed by atoms with Gasteiger partial charge in [-0.15, -0.1) is 13.2 Å². The highest BCUT2D eigenvalue weighted by molar-refractivity contribution is 5.67. The van der Waals surface area contributed by atoms with Crippen molar-refractivity contribution in [2.75, 3.05) is 0 Å². The van der Waals surface area contributed by atoms with Gasteiger partial charge in [0, 0.05) is 38.5 Å². The Morgan fingerprint density at radius 2 is 1.00 bits per heavy atom. The molecule has 0 aromatic heterocycles. The van der Waals surface area contributed by atoms with E-state index >= 15 is 0 Å². The van der Waals surface area contributed by atoms with Crippen LogP contribution in [-0.4, -0.2) is 58.3 Å². The van der Waals surface area contributed by atoms with Crippen molar-refractivity contribution in [3.05, 3.63) is 25.3 Å². The molecule has 0 saturated heterocycles. The highest BCUT2D eigenvalue weighted by atomic mass is 19.4. The molecule has 0 amide bonds. The lowest BCUT2D eigenvalue weighted by Gasteiger charge is -2.62. The number of carbonyl (C=O) groups excluding carboxylic acids is 2. The van der Waals surface area contributed by atoms with Gasteiger partial charge in [0.05, 0.1) is 0 Å². The van der Waals surface area contributed by atoms with E-state index in [9.17, 15) is 45.8 Å². The van der Waals surface area contributed by atoms with E-state index in [0.717, 1.165) is 60.7 Å². The summed E-state index contributed by atoms with van der Waals surface area (Å²) in [6.45, 7) is 29.6. The number of aliphatic carboxylic acids is 1. The molecule has 412 valence electrons. The van der Waals surface area contributed by atoms with Crippen LogP contribution in [0.25, 0.3) is 0 Å². The van der Waals surface area contributed by atoms with Crippen LogP contribution in [0.15, 0.2) is 25.3 Å². The van der Waals surface area contributed by atoms with Crippen LogP contribution < -0.4 is 0 Å². The highest BCUT2D eigenvalue weighted by Crippen LogP contribution is 2.71. The number of carbonyl (C=O) groups is 3. The predicted molar refractivity (Wildman–Crippen MR) is 268 cm³/mol. The van der Waals surface area contributed by atoms with Crippen molar-refractivity contribution >= 4 is 17.9 Å². The minimum atomic E-state index is -5.75. The average Bonchev–Trinajstić information content (AvgIpc) is 3.83. The third kappa shape index (κ3) is 11.0. The first kappa shape index (κ1) is 58.7. The van der Waals surface area contributed by atoms with E-state index in [1.165, 1.54) is 89.9 Å². The molecule has 8 saturated carbocycles. The summed E-state index contributed by atoms with van der Waals surface area (Å²) < 4.78 is 82.7. The first-order chi connectivity index (χ1) is 33.3. The van der Waals surface area contributed by atoms with Gasteiger partial charge in [-0.1, -0.05) is 80.4 Å². The summed E-state index contributed by atoms with van der Waals surface area (Å²) in [7, 11) is 0. The van der Waals surface area contributed by atoms with Gasteiger partial charge in [0.2, 0.25) is 0 Å². The first-order valence-corrected chi connectivity index (χ1v) is 28.0. The molecular weight excluding hydrogens is 935 g/mol. The van der Waals surface area contributed by atoms with Crippen LogP contribution in [0.5, 0.6) is 0 Å². The summed E-state index contributed by atoms with van der Waals surface area (Å²) in [5, 5.41) is 17.5. The highest BCUT2D eigenvalue weighted by Gasteiger charge is 2.70. The molecule has 8 aliphatic rings. The molecule has 7 nitrogen and oxygen atoms in total. The summed E-state index contributed by atoms with van der Waals surface area (Å²) >= 11 is 0. The lowest BCUT2D eigenvalue weighted by molar-refractivity contribution is -0.366. The van der Waals surface area contributed by atoms with Crippen molar-refractivity contribution in [2.24, 2.45) is 105 Å². The monoisotopic (exact) mass is 1030 g/mol. The molecule has 72 heavy (non-hydrogen) atoms. The van der Waals surface area contributed by atoms with Crippen LogP contribution >= 0.6 is 0 Å². The summed E-state index contributed by atoms with van der Waals surface area (Å²) in [4.78, 5) is 35.1. The van der Waals surface area contributed by atoms with E-state index in [-0.39, 0.29) is 30.6 Å². The van der Waals surface area contributed by atoms with Gasteiger partial charge >= 0.3 is 30.3 Å². The standard InChI is InChI=1S/C27H44O4.C26H42O2.C6H6F6O/c1-16-10-12-27(5)22-11-13-26(4)20(17(2)6-9-25(29)30)7-8-21(26)19(22)15-24(23(27)14-16)31-18(3)28;1-7-17(3)20-8-9-21-19-15-24(28-18(4)27)23-14-16(2)10-12-26(23,6)22(19)11-13-25(20,21)5;1-2-3-4(13,5(7,8)9)6(10,11)12/h16-17,19-24H,6-15H2,1-5H3,(H,29,30);7,16-17,19-24H,1,8-15H2,2-6H3;2,13H,1,3H2/t16-,17-,19?,20-,21?,22?,23+,24+,26-,27-;16-,17-,19?,20-,21?,22?,23+,24+,25-,26-;/m11./s1. The second-order valence-corrected chi connectivity index (χ2v) is 26.3. The number of rotatable bonds is 10. The largest absolute Gasteiger partial charge is 0.481 e. The Morgan fingerprint density at radius 1 is 0.611 bits per heavy atom. The summed E-state index contributed by atoms with van der Waals surface area (Å²) in [5.41, 5.74) is -3.28. The molecule has 8 fully saturated rings. The quantitative estimate of drug-likeness (QED) is 0.127. The topological polar surface area (TPSA) is 110 Å². The van der Waals surface area contributed by atoms with Gasteiger partial charge in [0.1, 0.15) is 12.2 Å². The molecule has 0 aromatic carbocycles. The van der Waals surface area contributed by atoms with Crippen LogP contribution in [0.1, 0.15) is 191 Å². The molecule has 0 aromatic rings. The van der Waals surface area contributed by atoms with Gasteiger partial charge in [-0.2, -0.15) is 26.3 Å². The Bertz CT molecular complexity index is 1920. The maximum atomic E-state index is 12.0. The second kappa shape index (κ2) is 21.8. The lowest BCUT2D eigenvalue weighted by Crippen LogP contribution is -2.58. The van der Waals surface area contributed by atoms with E-state index in [0.29, 0.717) is 69.2 Å². The normalized spacial score (nSPS) is 43.1. The van der Waals surface area contributed by atoms with Crippen molar-refractivity contribution < 1.29 is 60.4 Å². The molecule has 8 aliphatic carbocycles. The number of carboxylic acid groups (broad SMARTS) is 1. The van der Waals surface area contributed by atoms with Crippen LogP contribution in [0.4, 0.5) is 26.3 Å². The van der Waals surface area contributed by atoms with Crippen molar-refractivity contribution in [3.8, 4) is 0 Å². The molecule has 0 radical (unpaired) electrons. The van der Waals surface area contributed by atoms with Crippen molar-refractivity contribution in [1.82, 2.24) is 0 Å². The Balaban J connectivity index is 0.000000191. The Morgan fingerprint density at radius 3 is 1.36 bits per heavy atom. The zero-order valence-corrected chi connectivity index (χ0v) is 45.4. The molecule has 6 unspecified atom stereocenters. The predicted octanol–water partition coefficient (Wildman–Crippen LogP) is 15.4. The number of alkyl halides is 6. The van der Waals surface area contributed by atoms with Crippen LogP contribution in [0.2, 0.25) is 0 Å². The molecule has 0 bridgehead atoms. The first-order valence-electron chi connectivity index (χ1n) is 28.0. The molecule has 2 N–H and O–H groups in total. The third-order valence-corrected chi connectivity index (χ3v) is 22.5. The minimum absolute atomic E-state index is 0.0767. The summed E-state index contributed by atoms with van der Waals surface area (Å²) in [5.74, 6) is 8.65.